The van der Waals surface area contributed by atoms with E-state index < -0.39 is 0 Å². The van der Waals surface area contributed by atoms with Gasteiger partial charge in [-0.15, -0.1) is 22.7 Å². The topological polar surface area (TPSA) is 167 Å². The van der Waals surface area contributed by atoms with Gasteiger partial charge in [-0.3, -0.25) is 15.1 Å². The Morgan fingerprint density at radius 1 is 0.398 bits per heavy atom. The highest BCUT2D eigenvalue weighted by atomic mass is 32.1. The van der Waals surface area contributed by atoms with E-state index in [0.717, 1.165) is 62.4 Å². The van der Waals surface area contributed by atoms with Gasteiger partial charge in [0, 0.05) is 57.9 Å². The molecule has 0 saturated heterocycles. The van der Waals surface area contributed by atoms with Gasteiger partial charge in [0.25, 0.3) is 0 Å². The Kier molecular flexibility index (Phi) is 25.8. The number of nitrogens with one attached hydrogen (secondary N) is 3. The zero-order valence-electron chi connectivity index (χ0n) is 56.2. The van der Waals surface area contributed by atoms with Crippen LogP contribution in [0.15, 0.2) is 399 Å². The number of hydrogen-bond donors (Lipinski definition) is 3. The first-order chi connectivity index (χ1) is 51.1. The normalized spacial score (nSPS) is 11.5. The van der Waals surface area contributed by atoms with E-state index in [0.29, 0.717) is 5.65 Å². The summed E-state index contributed by atoms with van der Waals surface area (Å²) in [6.45, 7) is 1.01. The van der Waals surface area contributed by atoms with Crippen molar-refractivity contribution < 1.29 is 4.42 Å². The molecular formula is C88H72N12OS2. The Morgan fingerprint density at radius 2 is 1.04 bits per heavy atom. The number of benzene rings is 10. The summed E-state index contributed by atoms with van der Waals surface area (Å²) in [5, 5.41) is 18.8. The van der Waals surface area contributed by atoms with Crippen molar-refractivity contribution in [2.24, 2.45) is 0 Å². The van der Waals surface area contributed by atoms with Crippen molar-refractivity contribution in [3.8, 4) is 0 Å². The number of hydrogen-bond acceptors (Lipinski definition) is 12. The number of thiophene rings is 1. The lowest BCUT2D eigenvalue weighted by Gasteiger charge is -2.23. The van der Waals surface area contributed by atoms with Crippen LogP contribution in [0, 0.1) is 0 Å². The number of furan rings is 1. The molecule has 103 heavy (non-hydrogen) atoms. The van der Waals surface area contributed by atoms with Gasteiger partial charge in [-0.25, -0.2) is 24.9 Å². The summed E-state index contributed by atoms with van der Waals surface area (Å²) in [4.78, 5) is 36.1. The first kappa shape index (κ1) is 69.6. The summed E-state index contributed by atoms with van der Waals surface area (Å²) in [5.41, 5.74) is 13.9. The van der Waals surface area contributed by atoms with Crippen LogP contribution >= 0.6 is 22.7 Å². The lowest BCUT2D eigenvalue weighted by atomic mass is 10.1. The van der Waals surface area contributed by atoms with E-state index in [4.69, 9.17) is 4.42 Å². The number of pyridine rings is 2. The molecule has 3 N–H and O–H groups in total. The van der Waals surface area contributed by atoms with Gasteiger partial charge in [-0.2, -0.15) is 5.10 Å². The number of rotatable bonds is 0. The number of H-pyrrole nitrogens is 3. The average molecular weight is 1380 g/mol. The fourth-order valence-corrected chi connectivity index (χ4v) is 12.1. The second kappa shape index (κ2) is 38.1. The molecule has 11 heterocycles. The van der Waals surface area contributed by atoms with Crippen molar-refractivity contribution in [1.82, 2.24) is 60.0 Å². The number of thiazole rings is 1. The maximum absolute atomic E-state index is 5.12. The molecule has 15 heteroatoms. The minimum atomic E-state index is 0.713. The lowest BCUT2D eigenvalue weighted by molar-refractivity contribution is 0.523. The van der Waals surface area contributed by atoms with Crippen LogP contribution in [-0.2, 0) is 6.42 Å². The zero-order valence-corrected chi connectivity index (χ0v) is 57.8. The Bertz CT molecular complexity index is 4820. The minimum absolute atomic E-state index is 0.713. The van der Waals surface area contributed by atoms with Crippen LogP contribution in [-0.4, -0.2) is 66.5 Å². The number of fused-ring (bicyclic) bond motifs is 11. The van der Waals surface area contributed by atoms with Crippen LogP contribution < -0.4 is 0 Å². The van der Waals surface area contributed by atoms with Gasteiger partial charge >= 0.3 is 0 Å². The molecule has 0 atom stereocenters. The standard InChI is InChI=1S/C10H8.C9H9N.2C9H7N.C9H8.C8H6O.C8H6S.2C7H6N2.C7H5NS.C5H4N4/c1-2-6-10-8-4-3-7-9(10)5-1;1-3-7-10-8-4-2-6-9(10)5-1;1-2-6-9-8(4-1)5-3-7-10-9;1-2-4-9-7-10-6-5-8(9)3-1;1-2-5-9-7-3-6-8(9)4-1;2*1-2-4-8-7(3-1)5-6-9-8;1-2-4-7-6(3-1)8-5-9-7;1-2-4-7-6(3-1)5-8-9-7;1-2-4-7-6(3-1)8-5-9-7;1-4-5(8-2-6-1)9-3-7-4/h1-8H;1-7H,8H2;2*1-7H;1-6H,7H2;2*1-6H;2*1-5H,(H,8,9);1-5H;1-3H,(H,6,7,8,9). The van der Waals surface area contributed by atoms with Gasteiger partial charge in [0.15, 0.2) is 5.65 Å². The predicted molar refractivity (Wildman–Crippen MR) is 430 cm³/mol. The summed E-state index contributed by atoms with van der Waals surface area (Å²) < 4.78 is 7.75. The van der Waals surface area contributed by atoms with Gasteiger partial charge in [0.1, 0.15) is 17.4 Å². The number of aromatic nitrogens is 11. The molecule has 9 aromatic heterocycles. The third-order valence-electron chi connectivity index (χ3n) is 15.8. The van der Waals surface area contributed by atoms with E-state index in [2.05, 4.69) is 254 Å². The van der Waals surface area contributed by atoms with Gasteiger partial charge in [-0.05, 0) is 141 Å². The smallest absolute Gasteiger partial charge is 0.180 e. The molecule has 0 radical (unpaired) electrons. The molecule has 2 aliphatic heterocycles. The summed E-state index contributed by atoms with van der Waals surface area (Å²) >= 11 is 3.46. The van der Waals surface area contributed by atoms with Crippen molar-refractivity contribution in [2.75, 3.05) is 6.54 Å². The van der Waals surface area contributed by atoms with Crippen LogP contribution in [0.2, 0.25) is 0 Å². The monoisotopic (exact) mass is 1380 g/mol. The minimum Gasteiger partial charge on any atom is -0.464 e. The second-order valence-electron chi connectivity index (χ2n) is 22.7. The third-order valence-corrected chi connectivity index (χ3v) is 17.5. The van der Waals surface area contributed by atoms with E-state index in [-0.39, 0.29) is 0 Å². The molecular weight excluding hydrogens is 1310 g/mol. The molecule has 0 bridgehead atoms. The number of imidazole rings is 2. The van der Waals surface area contributed by atoms with Crippen LogP contribution in [0.3, 0.4) is 0 Å². The predicted octanol–water partition coefficient (Wildman–Crippen LogP) is 22.5. The Hall–Kier alpha value is -13.3. The van der Waals surface area contributed by atoms with Crippen LogP contribution in [0.1, 0.15) is 11.1 Å². The quantitative estimate of drug-likeness (QED) is 0.133. The fourth-order valence-electron chi connectivity index (χ4n) is 10.6. The number of nitrogens with zero attached hydrogens (tertiary/aromatic N) is 9. The van der Waals surface area contributed by atoms with Crippen molar-refractivity contribution in [3.05, 3.63) is 406 Å². The van der Waals surface area contributed by atoms with E-state index >= 15 is 0 Å². The summed E-state index contributed by atoms with van der Waals surface area (Å²) in [6, 6.07) is 92.0. The van der Waals surface area contributed by atoms with Crippen LogP contribution in [0.4, 0.5) is 0 Å². The molecule has 0 spiro atoms. The van der Waals surface area contributed by atoms with Gasteiger partial charge < -0.3 is 19.3 Å². The maximum Gasteiger partial charge on any atom is 0.180 e. The SMILES string of the molecule is C1=CCN2C=CC=CC2=C1.C1=Cc2ccccc2C1.c1ccc2[nH]cnc2c1.c1ccc2[nH]ncc2c1.c1ccc2ccccc2c1.c1ccc2cnccc2c1.c1ccc2ncccc2c1.c1ccc2occc2c1.c1ccc2sccc2c1.c1ccc2scnc2c1.c1ncc2[nH]cnc2n1. The van der Waals surface area contributed by atoms with Crippen molar-refractivity contribution in [1.29, 1.82) is 0 Å². The van der Waals surface area contributed by atoms with Crippen LogP contribution in [0.5, 0.6) is 0 Å². The average Bonchev–Trinajstić information content (AvgIpc) is 1.96. The van der Waals surface area contributed by atoms with Gasteiger partial charge in [0.05, 0.1) is 69.1 Å². The van der Waals surface area contributed by atoms with E-state index in [9.17, 15) is 0 Å². The second-order valence-corrected chi connectivity index (χ2v) is 24.6. The Labute approximate surface area is 604 Å². The molecule has 3 aliphatic rings. The highest BCUT2D eigenvalue weighted by molar-refractivity contribution is 7.17. The number of allylic oxidation sites excluding steroid dienone is 6. The molecule has 19 aromatic rings. The summed E-state index contributed by atoms with van der Waals surface area (Å²) in [6.07, 6.45) is 35.6. The highest BCUT2D eigenvalue weighted by Crippen LogP contribution is 2.21. The maximum atomic E-state index is 5.12. The fraction of sp³-hybridized carbons (Fsp3) is 0.0227. The first-order valence-corrected chi connectivity index (χ1v) is 35.1. The van der Waals surface area contributed by atoms with Gasteiger partial charge in [0.2, 0.25) is 0 Å². The van der Waals surface area contributed by atoms with Crippen molar-refractivity contribution in [3.63, 3.8) is 0 Å². The molecule has 1 aliphatic carbocycles. The first-order valence-electron chi connectivity index (χ1n) is 33.4. The van der Waals surface area contributed by atoms with E-state index in [1.54, 1.807) is 47.8 Å². The van der Waals surface area contributed by atoms with E-state index in [1.165, 1.54) is 64.9 Å². The summed E-state index contributed by atoms with van der Waals surface area (Å²) in [5.74, 6) is 0. The lowest BCUT2D eigenvalue weighted by Crippen LogP contribution is -2.18. The largest absolute Gasteiger partial charge is 0.464 e. The molecule has 22 rings (SSSR count). The van der Waals surface area contributed by atoms with Crippen LogP contribution in [0.25, 0.3) is 103 Å². The molecule has 13 nitrogen and oxygen atoms in total. The Balaban J connectivity index is 0.000000107. The van der Waals surface area contributed by atoms with E-state index in [1.807, 2.05) is 170 Å². The molecule has 0 saturated carbocycles. The molecule has 0 unspecified atom stereocenters. The zero-order chi connectivity index (χ0) is 70.0. The van der Waals surface area contributed by atoms with Crippen molar-refractivity contribution >= 4 is 126 Å². The molecule has 502 valence electrons. The van der Waals surface area contributed by atoms with Crippen molar-refractivity contribution in [2.45, 2.75) is 6.42 Å². The summed E-state index contributed by atoms with van der Waals surface area (Å²) in [7, 11) is 0. The Morgan fingerprint density at radius 3 is 1.77 bits per heavy atom. The molecule has 0 amide bonds. The molecule has 10 aromatic carbocycles. The molecule has 0 fully saturated rings. The highest BCUT2D eigenvalue weighted by Gasteiger charge is 2.06. The third kappa shape index (κ3) is 21.1. The number of aromatic amines is 3. The number of para-hydroxylation sites is 6. The van der Waals surface area contributed by atoms with Gasteiger partial charge in [-0.1, -0.05) is 231 Å².